The molecular formula is C21H19N4O+. The third-order valence-electron chi connectivity index (χ3n) is 4.00. The summed E-state index contributed by atoms with van der Waals surface area (Å²) in [7, 11) is 0. The molecule has 26 heavy (non-hydrogen) atoms. The van der Waals surface area contributed by atoms with Crippen molar-refractivity contribution in [3.05, 3.63) is 90.8 Å². The fraction of sp³-hybridized carbons (Fsp3) is 0.0476. The Hall–Kier alpha value is -3.60. The molecule has 4 rings (SSSR count). The number of ether oxygens (including phenoxy) is 1. The summed E-state index contributed by atoms with van der Waals surface area (Å²) in [5, 5.41) is 4.31. The molecule has 1 aromatic heterocycles. The van der Waals surface area contributed by atoms with E-state index in [4.69, 9.17) is 4.74 Å². The molecular weight excluding hydrogens is 324 g/mol. The zero-order valence-electron chi connectivity index (χ0n) is 14.2. The van der Waals surface area contributed by atoms with E-state index in [0.29, 0.717) is 6.61 Å². The maximum absolute atomic E-state index is 6.05. The quantitative estimate of drug-likeness (QED) is 0.241. The molecule has 0 bridgehead atoms. The fourth-order valence-corrected chi connectivity index (χ4v) is 2.73. The van der Waals surface area contributed by atoms with Crippen molar-refractivity contribution in [1.82, 2.24) is 4.98 Å². The number of hydrogen-bond donors (Lipinski definition) is 2. The van der Waals surface area contributed by atoms with Crippen LogP contribution in [0.3, 0.4) is 0 Å². The summed E-state index contributed by atoms with van der Waals surface area (Å²) >= 11 is 0. The Balaban J connectivity index is 1.56. The van der Waals surface area contributed by atoms with Gasteiger partial charge >= 0.3 is 0 Å². The number of fused-ring (bicyclic) bond motifs is 1. The Labute approximate surface area is 151 Å². The third-order valence-corrected chi connectivity index (χ3v) is 4.00. The van der Waals surface area contributed by atoms with Crippen LogP contribution in [0.5, 0.6) is 5.75 Å². The largest absolute Gasteiger partial charge is 0.485 e. The molecule has 0 aliphatic heterocycles. The van der Waals surface area contributed by atoms with Crippen LogP contribution in [-0.4, -0.2) is 11.3 Å². The number of hydrazone groups is 1. The number of aromatic amines is 1. The molecule has 0 aliphatic carbocycles. The maximum atomic E-state index is 6.05. The first-order valence-electron chi connectivity index (χ1n) is 8.42. The van der Waals surface area contributed by atoms with Crippen molar-refractivity contribution < 1.29 is 9.30 Å². The number of H-pyrrole nitrogens is 1. The number of rotatable bonds is 6. The fourth-order valence-electron chi connectivity index (χ4n) is 2.73. The number of anilines is 1. The molecule has 128 valence electrons. The van der Waals surface area contributed by atoms with Gasteiger partial charge in [0.1, 0.15) is 12.1 Å². The normalized spacial score (nSPS) is 11.1. The van der Waals surface area contributed by atoms with E-state index in [-0.39, 0.29) is 0 Å². The molecule has 4 aromatic rings. The molecule has 1 heterocycles. The van der Waals surface area contributed by atoms with E-state index in [2.05, 4.69) is 27.6 Å². The van der Waals surface area contributed by atoms with Crippen LogP contribution in [0.25, 0.3) is 11.0 Å². The van der Waals surface area contributed by atoms with Crippen LogP contribution < -0.4 is 14.7 Å². The average molecular weight is 343 g/mol. The van der Waals surface area contributed by atoms with Gasteiger partial charge in [-0.3, -0.25) is 4.98 Å². The van der Waals surface area contributed by atoms with E-state index in [9.17, 15) is 0 Å². The van der Waals surface area contributed by atoms with E-state index in [0.717, 1.165) is 28.0 Å². The minimum Gasteiger partial charge on any atom is -0.485 e. The molecule has 0 spiro atoms. The number of benzene rings is 3. The summed E-state index contributed by atoms with van der Waals surface area (Å²) in [5.74, 6) is 0.804. The summed E-state index contributed by atoms with van der Waals surface area (Å²) in [6.07, 6.45) is 3.58. The van der Waals surface area contributed by atoms with Crippen LogP contribution in [0.2, 0.25) is 0 Å². The topological polar surface area (TPSA) is 53.3 Å². The molecule has 0 fully saturated rings. The predicted octanol–water partition coefficient (Wildman–Crippen LogP) is 3.94. The van der Waals surface area contributed by atoms with Crippen LogP contribution in [0.1, 0.15) is 5.56 Å². The Morgan fingerprint density at radius 3 is 2.50 bits per heavy atom. The van der Waals surface area contributed by atoms with Gasteiger partial charge in [-0.2, -0.15) is 4.57 Å². The van der Waals surface area contributed by atoms with Crippen molar-refractivity contribution in [3.63, 3.8) is 0 Å². The number of hydrogen-bond acceptors (Lipinski definition) is 3. The molecule has 0 saturated carbocycles. The number of nitrogens with one attached hydrogen (secondary N) is 2. The Kier molecular flexibility index (Phi) is 4.60. The van der Waals surface area contributed by atoms with E-state index < -0.39 is 0 Å². The summed E-state index contributed by atoms with van der Waals surface area (Å²) in [4.78, 5) is 3.24. The summed E-state index contributed by atoms with van der Waals surface area (Å²) in [6.45, 7) is 0.518. The second-order valence-corrected chi connectivity index (χ2v) is 5.83. The van der Waals surface area contributed by atoms with E-state index in [1.165, 1.54) is 0 Å². The van der Waals surface area contributed by atoms with Crippen molar-refractivity contribution >= 4 is 23.1 Å². The second-order valence-electron chi connectivity index (χ2n) is 5.83. The van der Waals surface area contributed by atoms with Gasteiger partial charge in [-0.15, -0.1) is 0 Å². The van der Waals surface area contributed by atoms with Crippen LogP contribution >= 0.6 is 0 Å². The number of imidazole rings is 1. The molecule has 3 aromatic carbocycles. The van der Waals surface area contributed by atoms with Crippen LogP contribution in [0.15, 0.2) is 90.3 Å². The predicted molar refractivity (Wildman–Crippen MR) is 103 cm³/mol. The third kappa shape index (κ3) is 3.57. The van der Waals surface area contributed by atoms with Crippen molar-refractivity contribution in [2.75, 3.05) is 5.43 Å². The van der Waals surface area contributed by atoms with Crippen molar-refractivity contribution in [2.24, 2.45) is 5.10 Å². The Bertz CT molecular complexity index is 1010. The first-order chi connectivity index (χ1) is 12.9. The van der Waals surface area contributed by atoms with Gasteiger partial charge < -0.3 is 4.74 Å². The molecule has 0 unspecified atom stereocenters. The van der Waals surface area contributed by atoms with Crippen LogP contribution in [-0.2, 0) is 6.61 Å². The Morgan fingerprint density at radius 2 is 1.69 bits per heavy atom. The molecule has 5 heteroatoms. The smallest absolute Gasteiger partial charge is 0.254 e. The summed E-state index contributed by atoms with van der Waals surface area (Å²) < 4.78 is 7.95. The molecule has 0 amide bonds. The van der Waals surface area contributed by atoms with E-state index in [1.54, 1.807) is 6.34 Å². The number of nitrogens with zero attached hydrogens (tertiary/aromatic N) is 2. The van der Waals surface area contributed by atoms with E-state index in [1.807, 2.05) is 77.6 Å². The highest BCUT2D eigenvalue weighted by molar-refractivity contribution is 5.79. The Morgan fingerprint density at radius 1 is 0.923 bits per heavy atom. The number of aromatic nitrogens is 2. The first kappa shape index (κ1) is 15.9. The molecule has 2 N–H and O–H groups in total. The molecule has 5 nitrogen and oxygen atoms in total. The van der Waals surface area contributed by atoms with Gasteiger partial charge in [0, 0.05) is 0 Å². The van der Waals surface area contributed by atoms with Gasteiger partial charge in [0.15, 0.2) is 17.6 Å². The second kappa shape index (κ2) is 7.53. The highest BCUT2D eigenvalue weighted by atomic mass is 16.5. The lowest BCUT2D eigenvalue weighted by Crippen LogP contribution is -2.32. The van der Waals surface area contributed by atoms with Crippen molar-refractivity contribution in [3.8, 4) is 5.75 Å². The van der Waals surface area contributed by atoms with Crippen molar-refractivity contribution in [2.45, 2.75) is 6.61 Å². The average Bonchev–Trinajstić information content (AvgIpc) is 3.12. The van der Waals surface area contributed by atoms with Crippen LogP contribution in [0, 0.1) is 0 Å². The summed E-state index contributed by atoms with van der Waals surface area (Å²) in [6, 6.07) is 25.9. The molecule has 0 aliphatic rings. The standard InChI is InChI=1S/C21H18N4O/c1-3-8-17(9-4-1)14-26-20-13-7-12-19-21(20)25(15-22-19)16-23-24-18-10-5-2-6-11-18/h1-13,15-16,24H,14H2/p+1/b23-16+. The summed E-state index contributed by atoms with van der Waals surface area (Å²) in [5.41, 5.74) is 7.02. The minimum absolute atomic E-state index is 0.518. The SMILES string of the molecule is C(=N\Nc1ccccc1)/[n+]1c[nH]c2cccc(OCc3ccccc3)c21. The van der Waals surface area contributed by atoms with Gasteiger partial charge in [-0.25, -0.2) is 5.43 Å². The first-order valence-corrected chi connectivity index (χ1v) is 8.42. The molecule has 0 radical (unpaired) electrons. The maximum Gasteiger partial charge on any atom is 0.254 e. The van der Waals surface area contributed by atoms with Gasteiger partial charge in [-0.05, 0) is 34.9 Å². The lowest BCUT2D eigenvalue weighted by molar-refractivity contribution is -0.516. The van der Waals surface area contributed by atoms with E-state index >= 15 is 0 Å². The van der Waals surface area contributed by atoms with Crippen LogP contribution in [0.4, 0.5) is 5.69 Å². The molecule has 0 atom stereocenters. The highest BCUT2D eigenvalue weighted by Crippen LogP contribution is 2.22. The van der Waals surface area contributed by atoms with Gasteiger partial charge in [0.05, 0.1) is 5.69 Å². The van der Waals surface area contributed by atoms with Crippen molar-refractivity contribution in [1.29, 1.82) is 0 Å². The number of para-hydroxylation sites is 2. The lowest BCUT2D eigenvalue weighted by atomic mass is 10.2. The zero-order valence-corrected chi connectivity index (χ0v) is 14.2. The van der Waals surface area contributed by atoms with Gasteiger partial charge in [0.25, 0.3) is 6.34 Å². The highest BCUT2D eigenvalue weighted by Gasteiger charge is 2.12. The van der Waals surface area contributed by atoms with Gasteiger partial charge in [0.2, 0.25) is 0 Å². The van der Waals surface area contributed by atoms with Gasteiger partial charge in [-0.1, -0.05) is 54.6 Å². The monoisotopic (exact) mass is 343 g/mol. The minimum atomic E-state index is 0.518. The lowest BCUT2D eigenvalue weighted by Gasteiger charge is -2.06. The zero-order chi connectivity index (χ0) is 17.6. The molecule has 0 saturated heterocycles.